The Morgan fingerprint density at radius 2 is 1.50 bits per heavy atom. The van der Waals surface area contributed by atoms with Crippen LogP contribution in [0, 0.1) is 10.8 Å². The number of carboxylic acid groups (broad SMARTS) is 1. The Morgan fingerprint density at radius 1 is 1.00 bits per heavy atom. The van der Waals surface area contributed by atoms with Crippen LogP contribution < -0.4 is 14.7 Å². The lowest BCUT2D eigenvalue weighted by atomic mass is 9.63. The van der Waals surface area contributed by atoms with E-state index in [1.807, 2.05) is 52.0 Å². The second-order valence-electron chi connectivity index (χ2n) is 11.3. The molecule has 1 aliphatic heterocycles. The van der Waals surface area contributed by atoms with Crippen LogP contribution in [0.1, 0.15) is 64.9 Å². The van der Waals surface area contributed by atoms with Crippen molar-refractivity contribution in [3.63, 3.8) is 0 Å². The average Bonchev–Trinajstić information content (AvgIpc) is 2.72. The minimum atomic E-state index is -1.19. The van der Waals surface area contributed by atoms with Crippen molar-refractivity contribution in [1.82, 2.24) is 0 Å². The van der Waals surface area contributed by atoms with Gasteiger partial charge < -0.3 is 14.6 Å². The number of nitrogens with one attached hydrogen (secondary N) is 1. The molecule has 1 heterocycles. The standard InChI is InChI=1S/C28H33NO5/c1-6-11-34-18-9-7-17(8-10-18)24-25-19(12-27(2,3)14-21(25)30)29(16-23(32)33)20-13-28(4,5)15-22(31)26(20)24/h6-10,24H,1,11-16H2,2-5H3,(H,32,33). The molecule has 34 heavy (non-hydrogen) atoms. The Labute approximate surface area is 201 Å². The van der Waals surface area contributed by atoms with Crippen LogP contribution in [0.3, 0.4) is 0 Å². The topological polar surface area (TPSA) is 87.9 Å². The quantitative estimate of drug-likeness (QED) is 0.654. The van der Waals surface area contributed by atoms with Gasteiger partial charge in [-0.05, 0) is 28.5 Å². The van der Waals surface area contributed by atoms with Crippen LogP contribution >= 0.6 is 0 Å². The largest absolute Gasteiger partial charge is 0.544 e. The van der Waals surface area contributed by atoms with Gasteiger partial charge in [-0.15, -0.1) is 0 Å². The van der Waals surface area contributed by atoms with Gasteiger partial charge in [0, 0.05) is 25.7 Å². The molecule has 1 aromatic carbocycles. The van der Waals surface area contributed by atoms with Crippen molar-refractivity contribution in [2.45, 2.75) is 59.3 Å². The molecule has 0 unspecified atom stereocenters. The maximum atomic E-state index is 13.6. The van der Waals surface area contributed by atoms with Gasteiger partial charge in [0.15, 0.2) is 11.6 Å². The smallest absolute Gasteiger partial charge is 0.165 e. The van der Waals surface area contributed by atoms with Crippen molar-refractivity contribution in [3.8, 4) is 5.75 Å². The number of aliphatic carboxylic acids is 1. The summed E-state index contributed by atoms with van der Waals surface area (Å²) in [6.07, 6.45) is 3.59. The second-order valence-corrected chi connectivity index (χ2v) is 11.3. The highest BCUT2D eigenvalue weighted by Crippen LogP contribution is 2.49. The number of Topliss-reactive ketones (excluding diaryl/α,β-unsaturated/α-hetero) is 2. The monoisotopic (exact) mass is 463 g/mol. The van der Waals surface area contributed by atoms with E-state index in [1.54, 1.807) is 6.08 Å². The molecule has 3 aliphatic rings. The first kappa shape index (κ1) is 24.1. The number of carbonyl (C=O) groups is 3. The Bertz CT molecular complexity index is 1070. The van der Waals surface area contributed by atoms with Crippen LogP contribution in [0.2, 0.25) is 0 Å². The van der Waals surface area contributed by atoms with Gasteiger partial charge in [-0.25, -0.2) is 0 Å². The molecular weight excluding hydrogens is 430 g/mol. The van der Waals surface area contributed by atoms with E-state index in [1.165, 1.54) is 0 Å². The molecular formula is C28H33NO5. The summed E-state index contributed by atoms with van der Waals surface area (Å²) >= 11 is 0. The molecule has 0 spiro atoms. The van der Waals surface area contributed by atoms with E-state index in [-0.39, 0.29) is 28.9 Å². The minimum Gasteiger partial charge on any atom is -0.544 e. The average molecular weight is 464 g/mol. The van der Waals surface area contributed by atoms with Gasteiger partial charge in [0.05, 0.1) is 23.0 Å². The van der Waals surface area contributed by atoms with Crippen molar-refractivity contribution in [3.05, 3.63) is 65.0 Å². The summed E-state index contributed by atoms with van der Waals surface area (Å²) in [6, 6.07) is 7.49. The van der Waals surface area contributed by atoms with Crippen molar-refractivity contribution >= 4 is 17.5 Å². The third-order valence-electron chi connectivity index (χ3n) is 7.05. The number of rotatable bonds is 6. The maximum absolute atomic E-state index is 13.6. The predicted octanol–water partition coefficient (Wildman–Crippen LogP) is 2.27. The summed E-state index contributed by atoms with van der Waals surface area (Å²) in [5.41, 5.74) is 3.04. The van der Waals surface area contributed by atoms with E-state index >= 15 is 0 Å². The molecule has 6 heteroatoms. The Morgan fingerprint density at radius 3 is 1.94 bits per heavy atom. The van der Waals surface area contributed by atoms with E-state index in [4.69, 9.17) is 4.74 Å². The highest BCUT2D eigenvalue weighted by atomic mass is 16.5. The number of carbonyl (C=O) groups excluding carboxylic acids is 3. The second kappa shape index (κ2) is 8.66. The van der Waals surface area contributed by atoms with Crippen LogP contribution in [-0.4, -0.2) is 30.7 Å². The molecule has 0 fully saturated rings. The highest BCUT2D eigenvalue weighted by Gasteiger charge is 2.52. The number of quaternary nitrogens is 1. The number of allylic oxidation sites excluding steroid dienone is 4. The molecule has 6 nitrogen and oxygen atoms in total. The molecule has 1 N–H and O–H groups in total. The van der Waals surface area contributed by atoms with Crippen LogP contribution in [0.4, 0.5) is 0 Å². The van der Waals surface area contributed by atoms with Crippen LogP contribution in [0.15, 0.2) is 59.5 Å². The molecule has 0 atom stereocenters. The summed E-state index contributed by atoms with van der Waals surface area (Å²) in [7, 11) is 0. The fourth-order valence-corrected chi connectivity index (χ4v) is 5.81. The lowest BCUT2D eigenvalue weighted by Gasteiger charge is -2.45. The van der Waals surface area contributed by atoms with Gasteiger partial charge in [-0.1, -0.05) is 52.5 Å². The van der Waals surface area contributed by atoms with Crippen LogP contribution in [-0.2, 0) is 14.4 Å². The van der Waals surface area contributed by atoms with Crippen molar-refractivity contribution < 1.29 is 29.1 Å². The van der Waals surface area contributed by atoms with Crippen molar-refractivity contribution in [2.24, 2.45) is 10.8 Å². The highest BCUT2D eigenvalue weighted by molar-refractivity contribution is 6.06. The van der Waals surface area contributed by atoms with Gasteiger partial charge in [0.2, 0.25) is 0 Å². The Hall–Kier alpha value is -2.99. The normalized spacial score (nSPS) is 25.5. The van der Waals surface area contributed by atoms with Crippen LogP contribution in [0.25, 0.3) is 0 Å². The molecule has 0 aromatic heterocycles. The number of carboxylic acids is 1. The minimum absolute atomic E-state index is 0.0109. The van der Waals surface area contributed by atoms with E-state index in [9.17, 15) is 19.5 Å². The number of hydrogen-bond donors (Lipinski definition) is 1. The summed E-state index contributed by atoms with van der Waals surface area (Å²) in [6.45, 7) is 11.9. The molecule has 0 saturated carbocycles. The van der Waals surface area contributed by atoms with Gasteiger partial charge in [-0.3, -0.25) is 14.5 Å². The Balaban J connectivity index is 1.92. The van der Waals surface area contributed by atoms with Crippen LogP contribution in [0.5, 0.6) is 5.75 Å². The summed E-state index contributed by atoms with van der Waals surface area (Å²) in [4.78, 5) is 39.6. The third kappa shape index (κ3) is 4.51. The Kier molecular flexibility index (Phi) is 6.15. The van der Waals surface area contributed by atoms with Gasteiger partial charge in [0.1, 0.15) is 30.3 Å². The van der Waals surface area contributed by atoms with E-state index < -0.39 is 11.9 Å². The first-order valence-electron chi connectivity index (χ1n) is 11.8. The van der Waals surface area contributed by atoms with E-state index in [0.29, 0.717) is 54.1 Å². The van der Waals surface area contributed by atoms with Gasteiger partial charge in [0.25, 0.3) is 0 Å². The molecule has 4 rings (SSSR count). The molecule has 0 amide bonds. The number of ether oxygens (including phenoxy) is 1. The van der Waals surface area contributed by atoms with Gasteiger partial charge >= 0.3 is 0 Å². The molecule has 1 aromatic rings. The molecule has 0 saturated heterocycles. The molecule has 0 radical (unpaired) electrons. The fraction of sp³-hybridized carbons (Fsp3) is 0.464. The van der Waals surface area contributed by atoms with Gasteiger partial charge in [-0.2, -0.15) is 0 Å². The van der Waals surface area contributed by atoms with Crippen molar-refractivity contribution in [1.29, 1.82) is 0 Å². The SMILES string of the molecule is C=CCOc1ccc(C2C3=C(CC(C)(C)CC3=O)[NH+](CC(=O)[O-])C3=C2C(=O)CC(C)(C)C3)cc1. The number of hydrogen-bond acceptors (Lipinski definition) is 5. The molecule has 2 aliphatic carbocycles. The van der Waals surface area contributed by atoms with E-state index in [0.717, 1.165) is 17.0 Å². The zero-order chi connectivity index (χ0) is 24.8. The summed E-state index contributed by atoms with van der Waals surface area (Å²) in [5.74, 6) is -1.02. The van der Waals surface area contributed by atoms with Crippen molar-refractivity contribution in [2.75, 3.05) is 13.2 Å². The zero-order valence-corrected chi connectivity index (χ0v) is 20.5. The predicted molar refractivity (Wildman–Crippen MR) is 126 cm³/mol. The summed E-state index contributed by atoms with van der Waals surface area (Å²) in [5, 5.41) is 11.8. The molecule has 180 valence electrons. The van der Waals surface area contributed by atoms with E-state index in [2.05, 4.69) is 6.58 Å². The zero-order valence-electron chi connectivity index (χ0n) is 20.5. The lowest BCUT2D eigenvalue weighted by Crippen LogP contribution is -3.11. The third-order valence-corrected chi connectivity index (χ3v) is 7.05. The lowest BCUT2D eigenvalue weighted by molar-refractivity contribution is -0.821. The fourth-order valence-electron chi connectivity index (χ4n) is 5.81. The first-order valence-corrected chi connectivity index (χ1v) is 11.8. The molecule has 0 bridgehead atoms. The summed E-state index contributed by atoms with van der Waals surface area (Å²) < 4.78 is 5.62. The number of ketones is 2. The maximum Gasteiger partial charge on any atom is 0.165 e. The first-order chi connectivity index (χ1) is 15.9. The number of benzene rings is 1.